The summed E-state index contributed by atoms with van der Waals surface area (Å²) in [6, 6.07) is 4.99. The highest BCUT2D eigenvalue weighted by molar-refractivity contribution is 6.33. The van der Waals surface area contributed by atoms with Gasteiger partial charge >= 0.3 is 0 Å². The Balaban J connectivity index is 2.33. The van der Waals surface area contributed by atoms with E-state index in [9.17, 15) is 9.90 Å². The van der Waals surface area contributed by atoms with Gasteiger partial charge in [-0.1, -0.05) is 23.7 Å². The zero-order valence-corrected chi connectivity index (χ0v) is 13.1. The normalized spacial score (nSPS) is 18.9. The van der Waals surface area contributed by atoms with Gasteiger partial charge in [-0.15, -0.1) is 0 Å². The van der Waals surface area contributed by atoms with Crippen molar-refractivity contribution in [1.29, 1.82) is 0 Å². The Morgan fingerprint density at radius 3 is 3.00 bits per heavy atom. The number of hydrogen-bond acceptors (Lipinski definition) is 4. The molecule has 0 bridgehead atoms. The van der Waals surface area contributed by atoms with Crippen molar-refractivity contribution in [2.45, 2.75) is 32.5 Å². The van der Waals surface area contributed by atoms with Gasteiger partial charge in [0.05, 0.1) is 30.5 Å². The summed E-state index contributed by atoms with van der Waals surface area (Å²) in [7, 11) is 0. The molecule has 21 heavy (non-hydrogen) atoms. The van der Waals surface area contributed by atoms with Crippen molar-refractivity contribution in [3.05, 3.63) is 28.8 Å². The number of halogens is 1. The minimum absolute atomic E-state index is 0.0600. The van der Waals surface area contributed by atoms with Crippen LogP contribution >= 0.6 is 11.6 Å². The lowest BCUT2D eigenvalue weighted by Gasteiger charge is -2.38. The van der Waals surface area contributed by atoms with E-state index >= 15 is 0 Å². The van der Waals surface area contributed by atoms with E-state index in [0.717, 1.165) is 0 Å². The average molecular weight is 313 g/mol. The number of amides is 1. The van der Waals surface area contributed by atoms with Crippen molar-refractivity contribution in [3.63, 3.8) is 0 Å². The van der Waals surface area contributed by atoms with E-state index in [0.29, 0.717) is 36.0 Å². The molecule has 2 N–H and O–H groups in total. The van der Waals surface area contributed by atoms with Crippen molar-refractivity contribution >= 4 is 23.2 Å². The second-order valence-electron chi connectivity index (χ2n) is 5.35. The predicted molar refractivity (Wildman–Crippen MR) is 82.6 cm³/mol. The van der Waals surface area contributed by atoms with Gasteiger partial charge in [0.15, 0.2) is 0 Å². The fourth-order valence-electron chi connectivity index (χ4n) is 2.48. The summed E-state index contributed by atoms with van der Waals surface area (Å²) in [5.74, 6) is -0.0893. The summed E-state index contributed by atoms with van der Waals surface area (Å²) in [6.07, 6.45) is 0. The molecule has 1 unspecified atom stereocenters. The van der Waals surface area contributed by atoms with Gasteiger partial charge in [-0.25, -0.2) is 0 Å². The van der Waals surface area contributed by atoms with Gasteiger partial charge in [0, 0.05) is 18.2 Å². The number of anilines is 1. The third-order valence-corrected chi connectivity index (χ3v) is 3.69. The standard InChI is InChI=1S/C15H21ClN2O3/c1-10(2)17-15(20)13-9-21-7-6-18(13)14-11(8-19)4-3-5-12(14)16/h3-5,10,13,19H,6-9H2,1-2H3,(H,17,20). The molecule has 2 rings (SSSR count). The maximum atomic E-state index is 12.4. The van der Waals surface area contributed by atoms with Crippen molar-refractivity contribution in [1.82, 2.24) is 5.32 Å². The van der Waals surface area contributed by atoms with E-state index in [1.165, 1.54) is 0 Å². The van der Waals surface area contributed by atoms with Crippen LogP contribution in [-0.2, 0) is 16.1 Å². The Kier molecular flexibility index (Phi) is 5.45. The fraction of sp³-hybridized carbons (Fsp3) is 0.533. The number of benzene rings is 1. The maximum absolute atomic E-state index is 12.4. The number of aliphatic hydroxyl groups is 1. The zero-order chi connectivity index (χ0) is 15.4. The summed E-state index contributed by atoms with van der Waals surface area (Å²) in [4.78, 5) is 14.3. The number of hydrogen-bond donors (Lipinski definition) is 2. The summed E-state index contributed by atoms with van der Waals surface area (Å²) in [5, 5.41) is 13.0. The third kappa shape index (κ3) is 3.67. The predicted octanol–water partition coefficient (Wildman–Crippen LogP) is 1.56. The van der Waals surface area contributed by atoms with Gasteiger partial charge in [-0.05, 0) is 19.9 Å². The Bertz CT molecular complexity index is 508. The molecule has 116 valence electrons. The lowest BCUT2D eigenvalue weighted by molar-refractivity contribution is -0.125. The van der Waals surface area contributed by atoms with Gasteiger partial charge in [0.1, 0.15) is 6.04 Å². The van der Waals surface area contributed by atoms with E-state index < -0.39 is 6.04 Å². The quantitative estimate of drug-likeness (QED) is 0.886. The number of nitrogens with zero attached hydrogens (tertiary/aromatic N) is 1. The van der Waals surface area contributed by atoms with Gasteiger partial charge in [0.25, 0.3) is 0 Å². The summed E-state index contributed by atoms with van der Waals surface area (Å²) < 4.78 is 5.44. The van der Waals surface area contributed by atoms with Crippen LogP contribution < -0.4 is 10.2 Å². The fourth-order valence-corrected chi connectivity index (χ4v) is 2.78. The molecule has 1 saturated heterocycles. The van der Waals surface area contributed by atoms with Crippen molar-refractivity contribution in [3.8, 4) is 0 Å². The highest BCUT2D eigenvalue weighted by atomic mass is 35.5. The summed E-state index contributed by atoms with van der Waals surface area (Å²) in [5.41, 5.74) is 1.43. The minimum atomic E-state index is -0.439. The van der Waals surface area contributed by atoms with E-state index in [4.69, 9.17) is 16.3 Å². The first kappa shape index (κ1) is 16.1. The molecule has 0 saturated carbocycles. The molecular weight excluding hydrogens is 292 g/mol. The van der Waals surface area contributed by atoms with Crippen LogP contribution in [0.25, 0.3) is 0 Å². The number of carbonyl (C=O) groups is 1. The Morgan fingerprint density at radius 2 is 2.33 bits per heavy atom. The van der Waals surface area contributed by atoms with Crippen LogP contribution in [0.1, 0.15) is 19.4 Å². The van der Waals surface area contributed by atoms with Gasteiger partial charge in [-0.3, -0.25) is 4.79 Å². The molecule has 1 amide bonds. The van der Waals surface area contributed by atoms with E-state index in [-0.39, 0.29) is 18.6 Å². The Hall–Kier alpha value is -1.30. The minimum Gasteiger partial charge on any atom is -0.392 e. The number of ether oxygens (including phenoxy) is 1. The lowest BCUT2D eigenvalue weighted by atomic mass is 10.1. The SMILES string of the molecule is CC(C)NC(=O)C1COCCN1c1c(Cl)cccc1CO. The Morgan fingerprint density at radius 1 is 1.57 bits per heavy atom. The maximum Gasteiger partial charge on any atom is 0.245 e. The van der Waals surface area contributed by atoms with Crippen molar-refractivity contribution in [2.75, 3.05) is 24.7 Å². The van der Waals surface area contributed by atoms with Crippen molar-refractivity contribution in [2.24, 2.45) is 0 Å². The second kappa shape index (κ2) is 7.11. The molecule has 1 aliphatic rings. The van der Waals surface area contributed by atoms with Crippen LogP contribution in [-0.4, -0.2) is 42.9 Å². The molecule has 1 aromatic carbocycles. The molecule has 1 heterocycles. The van der Waals surface area contributed by atoms with Crippen LogP contribution in [0.3, 0.4) is 0 Å². The second-order valence-corrected chi connectivity index (χ2v) is 5.76. The number of carbonyl (C=O) groups excluding carboxylic acids is 1. The molecule has 0 radical (unpaired) electrons. The zero-order valence-electron chi connectivity index (χ0n) is 12.3. The smallest absolute Gasteiger partial charge is 0.245 e. The molecule has 5 nitrogen and oxygen atoms in total. The molecule has 0 aliphatic carbocycles. The molecule has 1 aliphatic heterocycles. The number of morpholine rings is 1. The molecule has 6 heteroatoms. The van der Waals surface area contributed by atoms with E-state index in [2.05, 4.69) is 5.32 Å². The molecule has 1 atom stereocenters. The number of para-hydroxylation sites is 1. The summed E-state index contributed by atoms with van der Waals surface area (Å²) in [6.45, 7) is 5.12. The molecule has 0 aromatic heterocycles. The van der Waals surface area contributed by atoms with Crippen LogP contribution in [0.2, 0.25) is 5.02 Å². The van der Waals surface area contributed by atoms with Gasteiger partial charge in [0.2, 0.25) is 5.91 Å². The first-order chi connectivity index (χ1) is 10.0. The van der Waals surface area contributed by atoms with Crippen LogP contribution in [0.4, 0.5) is 5.69 Å². The largest absolute Gasteiger partial charge is 0.392 e. The number of rotatable bonds is 4. The molecule has 1 aromatic rings. The Labute approximate surface area is 129 Å². The van der Waals surface area contributed by atoms with Crippen LogP contribution in [0.15, 0.2) is 18.2 Å². The molecule has 0 spiro atoms. The average Bonchev–Trinajstić information content (AvgIpc) is 2.46. The molecular formula is C15H21ClN2O3. The van der Waals surface area contributed by atoms with E-state index in [1.54, 1.807) is 12.1 Å². The van der Waals surface area contributed by atoms with Gasteiger partial charge in [-0.2, -0.15) is 0 Å². The third-order valence-electron chi connectivity index (χ3n) is 3.39. The lowest BCUT2D eigenvalue weighted by Crippen LogP contribution is -2.55. The van der Waals surface area contributed by atoms with Crippen LogP contribution in [0, 0.1) is 0 Å². The summed E-state index contributed by atoms with van der Waals surface area (Å²) >= 11 is 6.29. The highest BCUT2D eigenvalue weighted by Crippen LogP contribution is 2.32. The van der Waals surface area contributed by atoms with Gasteiger partial charge < -0.3 is 20.1 Å². The first-order valence-corrected chi connectivity index (χ1v) is 7.45. The van der Waals surface area contributed by atoms with Crippen LogP contribution in [0.5, 0.6) is 0 Å². The first-order valence-electron chi connectivity index (χ1n) is 7.07. The monoisotopic (exact) mass is 312 g/mol. The highest BCUT2D eigenvalue weighted by Gasteiger charge is 2.32. The number of nitrogens with one attached hydrogen (secondary N) is 1. The number of aliphatic hydroxyl groups excluding tert-OH is 1. The topological polar surface area (TPSA) is 61.8 Å². The van der Waals surface area contributed by atoms with E-state index in [1.807, 2.05) is 24.8 Å². The van der Waals surface area contributed by atoms with Crippen molar-refractivity contribution < 1.29 is 14.6 Å². The molecule has 1 fully saturated rings.